The average Bonchev–Trinajstić information content (AvgIpc) is 2.51. The normalized spacial score (nSPS) is 17.8. The molecule has 1 amide bonds. The third-order valence-corrected chi connectivity index (χ3v) is 4.28. The molecule has 1 aliphatic rings. The Hall–Kier alpha value is -1.46. The van der Waals surface area contributed by atoms with Crippen LogP contribution in [0.25, 0.3) is 0 Å². The fourth-order valence-corrected chi connectivity index (χ4v) is 2.77. The minimum Gasteiger partial charge on any atom is -0.336 e. The predicted molar refractivity (Wildman–Crippen MR) is 81.7 cm³/mol. The van der Waals surface area contributed by atoms with E-state index in [-0.39, 0.29) is 11.7 Å². The highest BCUT2D eigenvalue weighted by Crippen LogP contribution is 2.14. The molecule has 0 spiro atoms. The van der Waals surface area contributed by atoms with Crippen molar-refractivity contribution in [3.05, 3.63) is 35.1 Å². The molecule has 2 rings (SSSR count). The first kappa shape index (κ1) is 15.9. The van der Waals surface area contributed by atoms with E-state index in [1.54, 1.807) is 24.0 Å². The van der Waals surface area contributed by atoms with E-state index in [4.69, 9.17) is 5.73 Å². The van der Waals surface area contributed by atoms with Crippen LogP contribution in [0.5, 0.6) is 0 Å². The molecular formula is C16H24FN3O. The van der Waals surface area contributed by atoms with E-state index in [1.165, 1.54) is 6.07 Å². The van der Waals surface area contributed by atoms with Crippen LogP contribution in [0.15, 0.2) is 18.2 Å². The monoisotopic (exact) mass is 293 g/mol. The van der Waals surface area contributed by atoms with Crippen LogP contribution in [0.3, 0.4) is 0 Å². The van der Waals surface area contributed by atoms with Crippen molar-refractivity contribution >= 4 is 5.91 Å². The largest absolute Gasteiger partial charge is 0.336 e. The molecule has 1 aliphatic heterocycles. The summed E-state index contributed by atoms with van der Waals surface area (Å²) in [5.41, 5.74) is 6.75. The molecular weight excluding hydrogens is 269 g/mol. The van der Waals surface area contributed by atoms with Gasteiger partial charge in [0.1, 0.15) is 5.82 Å². The molecule has 2 N–H and O–H groups in total. The van der Waals surface area contributed by atoms with E-state index in [0.717, 1.165) is 19.5 Å². The predicted octanol–water partition coefficient (Wildman–Crippen LogP) is 1.63. The van der Waals surface area contributed by atoms with Gasteiger partial charge in [0.05, 0.1) is 0 Å². The zero-order valence-corrected chi connectivity index (χ0v) is 12.8. The summed E-state index contributed by atoms with van der Waals surface area (Å²) in [6, 6.07) is 5.07. The molecule has 1 aromatic carbocycles. The fraction of sp³-hybridized carbons (Fsp3) is 0.562. The van der Waals surface area contributed by atoms with Gasteiger partial charge in [-0.05, 0) is 31.0 Å². The first-order chi connectivity index (χ1) is 10.1. The third-order valence-electron chi connectivity index (χ3n) is 4.28. The smallest absolute Gasteiger partial charge is 0.254 e. The van der Waals surface area contributed by atoms with Crippen LogP contribution >= 0.6 is 0 Å². The molecule has 1 heterocycles. The Balaban J connectivity index is 1.98. The number of benzene rings is 1. The molecule has 0 aromatic heterocycles. The summed E-state index contributed by atoms with van der Waals surface area (Å²) in [5, 5.41) is 0. The second-order valence-corrected chi connectivity index (χ2v) is 5.59. The van der Waals surface area contributed by atoms with Gasteiger partial charge in [-0.25, -0.2) is 4.39 Å². The molecule has 1 unspecified atom stereocenters. The quantitative estimate of drug-likeness (QED) is 0.918. The number of piperazine rings is 1. The Labute approximate surface area is 125 Å². The van der Waals surface area contributed by atoms with E-state index in [0.29, 0.717) is 36.8 Å². The van der Waals surface area contributed by atoms with Gasteiger partial charge in [-0.15, -0.1) is 0 Å². The van der Waals surface area contributed by atoms with Crippen molar-refractivity contribution < 1.29 is 9.18 Å². The van der Waals surface area contributed by atoms with Crippen molar-refractivity contribution in [1.82, 2.24) is 9.80 Å². The van der Waals surface area contributed by atoms with E-state index in [2.05, 4.69) is 11.8 Å². The first-order valence-corrected chi connectivity index (χ1v) is 7.56. The van der Waals surface area contributed by atoms with E-state index in [9.17, 15) is 9.18 Å². The summed E-state index contributed by atoms with van der Waals surface area (Å²) in [5.74, 6) is -0.414. The maximum Gasteiger partial charge on any atom is 0.254 e. The van der Waals surface area contributed by atoms with Gasteiger partial charge in [-0.3, -0.25) is 9.69 Å². The molecule has 21 heavy (non-hydrogen) atoms. The highest BCUT2D eigenvalue weighted by atomic mass is 19.1. The lowest BCUT2D eigenvalue weighted by Gasteiger charge is -2.38. The van der Waals surface area contributed by atoms with E-state index >= 15 is 0 Å². The Morgan fingerprint density at radius 3 is 2.52 bits per heavy atom. The van der Waals surface area contributed by atoms with E-state index in [1.807, 2.05) is 0 Å². The van der Waals surface area contributed by atoms with Gasteiger partial charge < -0.3 is 10.6 Å². The molecule has 1 aromatic rings. The number of nitrogens with zero attached hydrogens (tertiary/aromatic N) is 2. The lowest BCUT2D eigenvalue weighted by atomic mass is 10.1. The summed E-state index contributed by atoms with van der Waals surface area (Å²) >= 11 is 0. The van der Waals surface area contributed by atoms with E-state index < -0.39 is 0 Å². The van der Waals surface area contributed by atoms with Gasteiger partial charge in [-0.1, -0.05) is 13.0 Å². The molecule has 0 saturated carbocycles. The number of nitrogens with two attached hydrogens (primary N) is 1. The van der Waals surface area contributed by atoms with Gasteiger partial charge >= 0.3 is 0 Å². The van der Waals surface area contributed by atoms with Gasteiger partial charge in [0, 0.05) is 44.3 Å². The summed E-state index contributed by atoms with van der Waals surface area (Å²) in [6.07, 6.45) is 1.02. The molecule has 0 aliphatic carbocycles. The second-order valence-electron chi connectivity index (χ2n) is 5.59. The number of carbonyl (C=O) groups excluding carboxylic acids is 1. The third kappa shape index (κ3) is 3.60. The molecule has 1 saturated heterocycles. The van der Waals surface area contributed by atoms with Crippen LogP contribution in [-0.2, 0) is 0 Å². The molecule has 0 radical (unpaired) electrons. The lowest BCUT2D eigenvalue weighted by molar-refractivity contribution is 0.0571. The number of aryl methyl sites for hydroxylation is 1. The topological polar surface area (TPSA) is 49.6 Å². The fourth-order valence-electron chi connectivity index (χ4n) is 2.77. The van der Waals surface area contributed by atoms with Crippen molar-refractivity contribution in [2.45, 2.75) is 26.3 Å². The second kappa shape index (κ2) is 7.00. The molecule has 1 atom stereocenters. The SMILES string of the molecule is CCC(CN)N1CCN(C(=O)c2ccc(C)c(F)c2)CC1. The molecule has 0 bridgehead atoms. The number of rotatable bonds is 4. The van der Waals surface area contributed by atoms with Crippen LogP contribution in [0.4, 0.5) is 4.39 Å². The number of halogens is 1. The van der Waals surface area contributed by atoms with Gasteiger partial charge in [0.2, 0.25) is 0 Å². The Kier molecular flexibility index (Phi) is 5.31. The van der Waals surface area contributed by atoms with Crippen LogP contribution < -0.4 is 5.73 Å². The van der Waals surface area contributed by atoms with Crippen molar-refractivity contribution in [2.24, 2.45) is 5.73 Å². The number of amides is 1. The first-order valence-electron chi connectivity index (χ1n) is 7.56. The lowest BCUT2D eigenvalue weighted by Crippen LogP contribution is -2.53. The van der Waals surface area contributed by atoms with Crippen molar-refractivity contribution in [3.63, 3.8) is 0 Å². The molecule has 4 nitrogen and oxygen atoms in total. The molecule has 1 fully saturated rings. The van der Waals surface area contributed by atoms with Crippen molar-refractivity contribution in [3.8, 4) is 0 Å². The van der Waals surface area contributed by atoms with Crippen molar-refractivity contribution in [1.29, 1.82) is 0 Å². The highest BCUT2D eigenvalue weighted by molar-refractivity contribution is 5.94. The van der Waals surface area contributed by atoms with Crippen LogP contribution in [0.1, 0.15) is 29.3 Å². The number of carbonyl (C=O) groups is 1. The Morgan fingerprint density at radius 2 is 2.00 bits per heavy atom. The van der Waals surface area contributed by atoms with Gasteiger partial charge in [0.25, 0.3) is 5.91 Å². The van der Waals surface area contributed by atoms with Crippen molar-refractivity contribution in [2.75, 3.05) is 32.7 Å². The van der Waals surface area contributed by atoms with Crippen LogP contribution in [0, 0.1) is 12.7 Å². The maximum atomic E-state index is 13.6. The molecule has 5 heteroatoms. The Morgan fingerprint density at radius 1 is 1.33 bits per heavy atom. The number of hydrogen-bond donors (Lipinski definition) is 1. The van der Waals surface area contributed by atoms with Crippen LogP contribution in [-0.4, -0.2) is 54.5 Å². The average molecular weight is 293 g/mol. The Bertz CT molecular complexity index is 494. The minimum atomic E-state index is -0.325. The summed E-state index contributed by atoms with van der Waals surface area (Å²) in [6.45, 7) is 7.47. The summed E-state index contributed by atoms with van der Waals surface area (Å²) < 4.78 is 13.6. The summed E-state index contributed by atoms with van der Waals surface area (Å²) in [4.78, 5) is 16.5. The highest BCUT2D eigenvalue weighted by Gasteiger charge is 2.25. The number of hydrogen-bond acceptors (Lipinski definition) is 3. The van der Waals surface area contributed by atoms with Gasteiger partial charge in [-0.2, -0.15) is 0 Å². The minimum absolute atomic E-state index is 0.0886. The summed E-state index contributed by atoms with van der Waals surface area (Å²) in [7, 11) is 0. The zero-order valence-electron chi connectivity index (χ0n) is 12.8. The maximum absolute atomic E-state index is 13.6. The zero-order chi connectivity index (χ0) is 15.4. The standard InChI is InChI=1S/C16H24FN3O/c1-3-14(11-18)19-6-8-20(9-7-19)16(21)13-5-4-12(2)15(17)10-13/h4-5,10,14H,3,6-9,11,18H2,1-2H3. The molecule has 116 valence electrons. The van der Waals surface area contributed by atoms with Crippen LogP contribution in [0.2, 0.25) is 0 Å². The van der Waals surface area contributed by atoms with Gasteiger partial charge in [0.15, 0.2) is 0 Å².